The molecule has 2 heterocycles. The lowest BCUT2D eigenvalue weighted by Crippen LogP contribution is -2.48. The van der Waals surface area contributed by atoms with Gasteiger partial charge in [0.2, 0.25) is 10.0 Å². The zero-order chi connectivity index (χ0) is 26.7. The number of benzene rings is 3. The van der Waals surface area contributed by atoms with Gasteiger partial charge in [-0.05, 0) is 55.0 Å². The molecule has 5 rings (SSSR count). The van der Waals surface area contributed by atoms with Gasteiger partial charge < -0.3 is 9.80 Å². The minimum Gasteiger partial charge on any atom is -0.368 e. The second kappa shape index (κ2) is 11.5. The quantitative estimate of drug-likeness (QED) is 0.460. The molecule has 3 aromatic carbocycles. The molecular weight excluding hydrogens is 520 g/mol. The number of hydrogen-bond acceptors (Lipinski definition) is 5. The molecule has 0 N–H and O–H groups in total. The molecule has 2 fully saturated rings. The van der Waals surface area contributed by atoms with E-state index in [0.29, 0.717) is 49.7 Å². The highest BCUT2D eigenvalue weighted by Crippen LogP contribution is 2.22. The maximum absolute atomic E-state index is 13.1. The fraction of sp³-hybridized carbons (Fsp3) is 0.345. The Balaban J connectivity index is 1.11. The molecule has 200 valence electrons. The van der Waals surface area contributed by atoms with Gasteiger partial charge in [-0.2, -0.15) is 4.31 Å². The van der Waals surface area contributed by atoms with Gasteiger partial charge in [0.1, 0.15) is 0 Å². The summed E-state index contributed by atoms with van der Waals surface area (Å²) >= 11 is 6.13. The molecule has 2 aliphatic rings. The predicted octanol–water partition coefficient (Wildman–Crippen LogP) is 4.12. The van der Waals surface area contributed by atoms with E-state index in [0.717, 1.165) is 41.5 Å². The Kier molecular flexibility index (Phi) is 8.04. The first-order valence-corrected chi connectivity index (χ1v) is 14.8. The topological polar surface area (TPSA) is 64.2 Å². The zero-order valence-corrected chi connectivity index (χ0v) is 23.2. The minimum absolute atomic E-state index is 0.0530. The number of hydrogen-bond donors (Lipinski definition) is 0. The summed E-state index contributed by atoms with van der Waals surface area (Å²) in [6, 6.07) is 22.7. The van der Waals surface area contributed by atoms with E-state index >= 15 is 0 Å². The Morgan fingerprint density at radius 3 is 2.11 bits per heavy atom. The first kappa shape index (κ1) is 26.7. The first-order chi connectivity index (χ1) is 18.3. The third kappa shape index (κ3) is 6.04. The number of halogens is 1. The van der Waals surface area contributed by atoms with Gasteiger partial charge in [0.15, 0.2) is 0 Å². The molecule has 0 atom stereocenters. The fourth-order valence-corrected chi connectivity index (χ4v) is 6.63. The number of aryl methyl sites for hydroxylation is 1. The first-order valence-electron chi connectivity index (χ1n) is 13.0. The lowest BCUT2D eigenvalue weighted by molar-refractivity contribution is 0.0746. The molecule has 0 aromatic heterocycles. The van der Waals surface area contributed by atoms with E-state index in [-0.39, 0.29) is 5.91 Å². The summed E-state index contributed by atoms with van der Waals surface area (Å²) in [7, 11) is -3.47. The van der Waals surface area contributed by atoms with Crippen molar-refractivity contribution in [2.45, 2.75) is 18.4 Å². The molecule has 0 radical (unpaired) electrons. The van der Waals surface area contributed by atoms with E-state index in [1.165, 1.54) is 0 Å². The largest absolute Gasteiger partial charge is 0.368 e. The monoisotopic (exact) mass is 552 g/mol. The summed E-state index contributed by atoms with van der Waals surface area (Å²) in [5.41, 5.74) is 3.93. The van der Waals surface area contributed by atoms with E-state index in [1.54, 1.807) is 16.4 Å². The fourth-order valence-electron chi connectivity index (χ4n) is 5.02. The number of nitrogens with zero attached hydrogens (tertiary/aromatic N) is 4. The van der Waals surface area contributed by atoms with Gasteiger partial charge in [-0.25, -0.2) is 8.42 Å². The molecule has 7 nitrogen and oxygen atoms in total. The normalized spacial score (nSPS) is 17.5. The van der Waals surface area contributed by atoms with Crippen LogP contribution in [-0.4, -0.2) is 80.8 Å². The van der Waals surface area contributed by atoms with Crippen LogP contribution in [0.1, 0.15) is 21.5 Å². The molecule has 0 spiro atoms. The molecule has 0 bridgehead atoms. The van der Waals surface area contributed by atoms with Crippen LogP contribution in [0.4, 0.5) is 5.69 Å². The molecule has 0 aliphatic carbocycles. The van der Waals surface area contributed by atoms with Gasteiger partial charge in [-0.1, -0.05) is 47.5 Å². The van der Waals surface area contributed by atoms with E-state index in [4.69, 9.17) is 11.6 Å². The summed E-state index contributed by atoms with van der Waals surface area (Å²) in [6.07, 6.45) is 0. The lowest BCUT2D eigenvalue weighted by atomic mass is 10.1. The molecule has 38 heavy (non-hydrogen) atoms. The van der Waals surface area contributed by atoms with Crippen molar-refractivity contribution in [1.29, 1.82) is 0 Å². The van der Waals surface area contributed by atoms with Crippen molar-refractivity contribution >= 4 is 33.2 Å². The number of rotatable bonds is 6. The van der Waals surface area contributed by atoms with Crippen molar-refractivity contribution in [1.82, 2.24) is 14.1 Å². The van der Waals surface area contributed by atoms with E-state index < -0.39 is 10.0 Å². The van der Waals surface area contributed by atoms with Crippen molar-refractivity contribution < 1.29 is 13.2 Å². The predicted molar refractivity (Wildman–Crippen MR) is 151 cm³/mol. The highest BCUT2D eigenvalue weighted by atomic mass is 35.5. The summed E-state index contributed by atoms with van der Waals surface area (Å²) in [5.74, 6) is 0.0530. The smallest absolute Gasteiger partial charge is 0.253 e. The number of sulfonamides is 1. The minimum atomic E-state index is -3.47. The van der Waals surface area contributed by atoms with Crippen molar-refractivity contribution in [3.05, 3.63) is 94.5 Å². The van der Waals surface area contributed by atoms with Crippen LogP contribution in [0.5, 0.6) is 0 Å². The van der Waals surface area contributed by atoms with E-state index in [2.05, 4.69) is 9.80 Å². The molecule has 9 heteroatoms. The Morgan fingerprint density at radius 1 is 0.816 bits per heavy atom. The van der Waals surface area contributed by atoms with Gasteiger partial charge in [0, 0.05) is 75.2 Å². The molecule has 3 aromatic rings. The second-order valence-electron chi connectivity index (χ2n) is 9.95. The third-order valence-electron chi connectivity index (χ3n) is 7.34. The standard InChI is InChI=1S/C29H33ClN4O3S/c1-23-5-11-28(12-6-23)38(36,37)34-19-13-31(14-20-34)22-24-7-9-25(10-8-24)29(35)33-17-15-32(16-18-33)27-4-2-3-26(30)21-27/h2-12,21H,13-20,22H2,1H3. The number of carbonyl (C=O) groups excluding carboxylic acids is 1. The maximum Gasteiger partial charge on any atom is 0.253 e. The Morgan fingerprint density at radius 2 is 1.47 bits per heavy atom. The Labute approximate surface area is 230 Å². The average molecular weight is 553 g/mol. The van der Waals surface area contributed by atoms with Gasteiger partial charge >= 0.3 is 0 Å². The van der Waals surface area contributed by atoms with Gasteiger partial charge in [0.25, 0.3) is 5.91 Å². The summed E-state index contributed by atoms with van der Waals surface area (Å²) in [6.45, 7) is 7.83. The molecular formula is C29H33ClN4O3S. The van der Waals surface area contributed by atoms with Gasteiger partial charge in [0.05, 0.1) is 4.90 Å². The molecule has 1 amide bonds. The molecule has 2 saturated heterocycles. The average Bonchev–Trinajstić information content (AvgIpc) is 2.94. The van der Waals surface area contributed by atoms with Crippen molar-refractivity contribution in [3.63, 3.8) is 0 Å². The Hall–Kier alpha value is -2.91. The molecule has 0 saturated carbocycles. The van der Waals surface area contributed by atoms with E-state index in [9.17, 15) is 13.2 Å². The van der Waals surface area contributed by atoms with Gasteiger partial charge in [-0.3, -0.25) is 9.69 Å². The highest BCUT2D eigenvalue weighted by molar-refractivity contribution is 7.89. The van der Waals surface area contributed by atoms with Crippen LogP contribution in [0.3, 0.4) is 0 Å². The van der Waals surface area contributed by atoms with E-state index in [1.807, 2.05) is 72.5 Å². The SMILES string of the molecule is Cc1ccc(S(=O)(=O)N2CCN(Cc3ccc(C(=O)N4CCN(c5cccc(Cl)c5)CC4)cc3)CC2)cc1. The summed E-state index contributed by atoms with van der Waals surface area (Å²) < 4.78 is 27.5. The lowest BCUT2D eigenvalue weighted by Gasteiger charge is -2.36. The van der Waals surface area contributed by atoms with Crippen LogP contribution >= 0.6 is 11.6 Å². The van der Waals surface area contributed by atoms with Crippen LogP contribution in [0.2, 0.25) is 5.02 Å². The Bertz CT molecular complexity index is 1360. The maximum atomic E-state index is 13.1. The van der Waals surface area contributed by atoms with Crippen molar-refractivity contribution in [3.8, 4) is 0 Å². The van der Waals surface area contributed by atoms with Crippen LogP contribution in [-0.2, 0) is 16.6 Å². The van der Waals surface area contributed by atoms with Crippen LogP contribution < -0.4 is 4.90 Å². The molecule has 0 unspecified atom stereocenters. The van der Waals surface area contributed by atoms with Crippen molar-refractivity contribution in [2.24, 2.45) is 0 Å². The van der Waals surface area contributed by atoms with Crippen molar-refractivity contribution in [2.75, 3.05) is 57.3 Å². The second-order valence-corrected chi connectivity index (χ2v) is 12.3. The van der Waals surface area contributed by atoms with Gasteiger partial charge in [-0.15, -0.1) is 0 Å². The van der Waals surface area contributed by atoms with Crippen LogP contribution in [0.15, 0.2) is 77.7 Å². The summed E-state index contributed by atoms with van der Waals surface area (Å²) in [5, 5.41) is 0.718. The molecule has 2 aliphatic heterocycles. The van der Waals surface area contributed by atoms with Crippen LogP contribution in [0, 0.1) is 6.92 Å². The zero-order valence-electron chi connectivity index (χ0n) is 21.6. The number of anilines is 1. The highest BCUT2D eigenvalue weighted by Gasteiger charge is 2.28. The van der Waals surface area contributed by atoms with Crippen LogP contribution in [0.25, 0.3) is 0 Å². The summed E-state index contributed by atoms with van der Waals surface area (Å²) in [4.78, 5) is 19.8. The number of piperazine rings is 2. The number of carbonyl (C=O) groups is 1. The third-order valence-corrected chi connectivity index (χ3v) is 9.49. The number of amides is 1.